The van der Waals surface area contributed by atoms with Gasteiger partial charge in [0, 0.05) is 23.5 Å². The molecule has 88 valence electrons. The first-order valence-corrected chi connectivity index (χ1v) is 5.50. The lowest BCUT2D eigenvalue weighted by Gasteiger charge is -1.98. The molecule has 0 aliphatic carbocycles. The first-order valence-electron chi connectivity index (χ1n) is 5.50. The maximum Gasteiger partial charge on any atom is 0.150 e. The van der Waals surface area contributed by atoms with Gasteiger partial charge in [-0.2, -0.15) is 0 Å². The number of phenolic OH excluding ortho intramolecular Hbond substituents is 1. The van der Waals surface area contributed by atoms with Crippen LogP contribution in [0.4, 0.5) is 0 Å². The minimum atomic E-state index is 0.191. The van der Waals surface area contributed by atoms with E-state index in [1.807, 2.05) is 16.7 Å². The summed E-state index contributed by atoms with van der Waals surface area (Å²) in [6.07, 6.45) is 4.38. The van der Waals surface area contributed by atoms with Gasteiger partial charge in [-0.05, 0) is 24.3 Å². The highest BCUT2D eigenvalue weighted by Crippen LogP contribution is 2.27. The van der Waals surface area contributed by atoms with Gasteiger partial charge in [-0.25, -0.2) is 4.98 Å². The molecule has 0 radical (unpaired) electrons. The zero-order chi connectivity index (χ0) is 12.5. The van der Waals surface area contributed by atoms with Crippen molar-refractivity contribution in [3.8, 4) is 17.0 Å². The van der Waals surface area contributed by atoms with E-state index >= 15 is 0 Å². The van der Waals surface area contributed by atoms with Crippen LogP contribution in [0.15, 0.2) is 48.8 Å². The third kappa shape index (κ3) is 1.64. The number of aromatic hydroxyl groups is 1. The Kier molecular flexibility index (Phi) is 2.34. The van der Waals surface area contributed by atoms with Gasteiger partial charge in [0.25, 0.3) is 0 Å². The first-order chi connectivity index (χ1) is 8.78. The van der Waals surface area contributed by atoms with Crippen molar-refractivity contribution < 1.29 is 9.90 Å². The molecule has 2 heterocycles. The van der Waals surface area contributed by atoms with E-state index in [-0.39, 0.29) is 5.75 Å². The Balaban J connectivity index is 2.19. The highest BCUT2D eigenvalue weighted by atomic mass is 16.3. The van der Waals surface area contributed by atoms with Gasteiger partial charge in [0.15, 0.2) is 0 Å². The molecule has 0 fully saturated rings. The smallest absolute Gasteiger partial charge is 0.150 e. The van der Waals surface area contributed by atoms with E-state index in [2.05, 4.69) is 4.98 Å². The largest absolute Gasteiger partial charge is 0.507 e. The van der Waals surface area contributed by atoms with Crippen molar-refractivity contribution in [1.82, 2.24) is 9.38 Å². The number of carbonyl (C=O) groups excluding carboxylic acids is 1. The van der Waals surface area contributed by atoms with Crippen molar-refractivity contribution in [2.75, 3.05) is 0 Å². The molecule has 0 saturated carbocycles. The highest BCUT2D eigenvalue weighted by molar-refractivity contribution is 5.77. The van der Waals surface area contributed by atoms with Crippen LogP contribution in [0.25, 0.3) is 16.9 Å². The second-order valence-electron chi connectivity index (χ2n) is 3.99. The fourth-order valence-electron chi connectivity index (χ4n) is 1.89. The topological polar surface area (TPSA) is 54.6 Å². The molecular weight excluding hydrogens is 228 g/mol. The van der Waals surface area contributed by atoms with E-state index in [0.717, 1.165) is 6.29 Å². The zero-order valence-electron chi connectivity index (χ0n) is 9.45. The van der Waals surface area contributed by atoms with Gasteiger partial charge < -0.3 is 9.51 Å². The van der Waals surface area contributed by atoms with Gasteiger partial charge in [0.05, 0.1) is 5.69 Å². The predicted molar refractivity (Wildman–Crippen MR) is 67.7 cm³/mol. The number of pyridine rings is 1. The molecule has 0 aliphatic rings. The molecule has 4 heteroatoms. The molecule has 0 unspecified atom stereocenters. The monoisotopic (exact) mass is 238 g/mol. The minimum absolute atomic E-state index is 0.191. The van der Waals surface area contributed by atoms with Crippen molar-refractivity contribution in [2.24, 2.45) is 0 Å². The van der Waals surface area contributed by atoms with E-state index in [1.165, 1.54) is 0 Å². The second-order valence-corrected chi connectivity index (χ2v) is 3.99. The summed E-state index contributed by atoms with van der Waals surface area (Å²) in [7, 11) is 0. The Morgan fingerprint density at radius 2 is 2.06 bits per heavy atom. The Hall–Kier alpha value is -2.62. The molecule has 4 nitrogen and oxygen atoms in total. The summed E-state index contributed by atoms with van der Waals surface area (Å²) in [6, 6.07) is 10.5. The normalized spacial score (nSPS) is 10.7. The van der Waals surface area contributed by atoms with E-state index < -0.39 is 0 Å². The number of benzene rings is 1. The van der Waals surface area contributed by atoms with Crippen LogP contribution < -0.4 is 0 Å². The molecule has 2 aromatic heterocycles. The Morgan fingerprint density at radius 1 is 1.22 bits per heavy atom. The minimum Gasteiger partial charge on any atom is -0.507 e. The fraction of sp³-hybridized carbons (Fsp3) is 0. The molecule has 0 bridgehead atoms. The van der Waals surface area contributed by atoms with Crippen LogP contribution in [0.1, 0.15) is 10.4 Å². The Bertz CT molecular complexity index is 731. The number of imidazole rings is 1. The number of nitrogens with zero attached hydrogens (tertiary/aromatic N) is 2. The summed E-state index contributed by atoms with van der Waals surface area (Å²) in [4.78, 5) is 15.1. The third-order valence-electron chi connectivity index (χ3n) is 2.80. The molecule has 0 amide bonds. The number of phenols is 1. The summed E-state index contributed by atoms with van der Waals surface area (Å²) in [6.45, 7) is 0. The number of rotatable bonds is 2. The standard InChI is InChI=1S/C14H10N2O2/c17-9-10-5-6-16-8-12(15-14(16)7-10)11-3-1-2-4-13(11)18/h1-9,18H. The van der Waals surface area contributed by atoms with Crippen molar-refractivity contribution in [1.29, 1.82) is 0 Å². The Labute approximate surface area is 103 Å². The molecule has 3 rings (SSSR count). The fourth-order valence-corrected chi connectivity index (χ4v) is 1.89. The van der Waals surface area contributed by atoms with Gasteiger partial charge >= 0.3 is 0 Å². The van der Waals surface area contributed by atoms with Crippen LogP contribution in [-0.4, -0.2) is 20.8 Å². The summed E-state index contributed by atoms with van der Waals surface area (Å²) in [5.74, 6) is 0.191. The van der Waals surface area contributed by atoms with Crippen molar-refractivity contribution in [3.63, 3.8) is 0 Å². The molecule has 0 aliphatic heterocycles. The van der Waals surface area contributed by atoms with Crippen LogP contribution in [0.3, 0.4) is 0 Å². The van der Waals surface area contributed by atoms with Crippen LogP contribution >= 0.6 is 0 Å². The third-order valence-corrected chi connectivity index (χ3v) is 2.80. The van der Waals surface area contributed by atoms with Crippen molar-refractivity contribution in [2.45, 2.75) is 0 Å². The van der Waals surface area contributed by atoms with Gasteiger partial charge in [-0.1, -0.05) is 12.1 Å². The van der Waals surface area contributed by atoms with Crippen LogP contribution in [-0.2, 0) is 0 Å². The summed E-state index contributed by atoms with van der Waals surface area (Å²) in [5.41, 5.74) is 2.61. The summed E-state index contributed by atoms with van der Waals surface area (Å²) in [5, 5.41) is 9.78. The number of hydrogen-bond acceptors (Lipinski definition) is 3. The number of hydrogen-bond donors (Lipinski definition) is 1. The van der Waals surface area contributed by atoms with E-state index in [1.54, 1.807) is 36.5 Å². The number of fused-ring (bicyclic) bond motifs is 1. The van der Waals surface area contributed by atoms with Crippen molar-refractivity contribution in [3.05, 3.63) is 54.4 Å². The first kappa shape index (κ1) is 10.5. The van der Waals surface area contributed by atoms with E-state index in [4.69, 9.17) is 0 Å². The maximum absolute atomic E-state index is 10.7. The molecule has 0 atom stereocenters. The summed E-state index contributed by atoms with van der Waals surface area (Å²) >= 11 is 0. The van der Waals surface area contributed by atoms with Gasteiger partial charge in [-0.3, -0.25) is 4.79 Å². The van der Waals surface area contributed by atoms with Gasteiger partial charge in [0.2, 0.25) is 0 Å². The average Bonchev–Trinajstić information content (AvgIpc) is 2.81. The lowest BCUT2D eigenvalue weighted by Crippen LogP contribution is -1.85. The molecule has 0 spiro atoms. The lowest BCUT2D eigenvalue weighted by molar-refractivity contribution is 0.112. The molecule has 3 aromatic rings. The lowest BCUT2D eigenvalue weighted by atomic mass is 10.1. The number of aldehydes is 1. The molecular formula is C14H10N2O2. The van der Waals surface area contributed by atoms with Crippen LogP contribution in [0, 0.1) is 0 Å². The summed E-state index contributed by atoms with van der Waals surface area (Å²) < 4.78 is 1.81. The quantitative estimate of drug-likeness (QED) is 0.698. The van der Waals surface area contributed by atoms with Crippen LogP contribution in [0.2, 0.25) is 0 Å². The van der Waals surface area contributed by atoms with Crippen LogP contribution in [0.5, 0.6) is 5.75 Å². The SMILES string of the molecule is O=Cc1ccn2cc(-c3ccccc3O)nc2c1. The average molecular weight is 238 g/mol. The molecule has 1 N–H and O–H groups in total. The van der Waals surface area contributed by atoms with E-state index in [0.29, 0.717) is 22.5 Å². The molecule has 18 heavy (non-hydrogen) atoms. The van der Waals surface area contributed by atoms with Gasteiger partial charge in [0.1, 0.15) is 17.7 Å². The Morgan fingerprint density at radius 3 is 2.83 bits per heavy atom. The number of para-hydroxylation sites is 1. The number of aromatic nitrogens is 2. The van der Waals surface area contributed by atoms with Gasteiger partial charge in [-0.15, -0.1) is 0 Å². The van der Waals surface area contributed by atoms with E-state index in [9.17, 15) is 9.90 Å². The maximum atomic E-state index is 10.7. The molecule has 0 saturated heterocycles. The second kappa shape index (κ2) is 4.00. The molecule has 1 aromatic carbocycles. The predicted octanol–water partition coefficient (Wildman–Crippen LogP) is 2.52. The zero-order valence-corrected chi connectivity index (χ0v) is 9.45. The highest BCUT2D eigenvalue weighted by Gasteiger charge is 2.08. The number of carbonyl (C=O) groups is 1. The van der Waals surface area contributed by atoms with Crippen molar-refractivity contribution >= 4 is 11.9 Å².